The standard InChI is InChI=1S/C13H25NO.C8H17NO.C5H12.C4H9N.C4H10.C3H4O2.C3H8.C2H7N.C2H6/c1-3-4-5-9-13(15)14-11(2)10-12-7-6-8-12;1-6(10)7(9-5)8(2,3)4;1-3-5-4-2;1-5-4-2-3-4;1-3-4-2;1-3(5)2-4;2*1-3-2;1-2/h11-12H,3-10H2,1-2H3,(H,14,15);7,9H,1-5H3;3-5H2,1-2H3;4-5H,2-3H2,1H3;3-4H2,1-2H3;2H,1H3;3H2,1-2H3;3H,1-2H3;1-2H3. The van der Waals surface area contributed by atoms with E-state index in [1.54, 1.807) is 6.92 Å². The molecular weight excluding hydrogens is 649 g/mol. The molecule has 8 heteroatoms. The van der Waals surface area contributed by atoms with E-state index in [4.69, 9.17) is 4.79 Å². The Morgan fingerprint density at radius 3 is 1.29 bits per heavy atom. The molecule has 2 saturated carbocycles. The van der Waals surface area contributed by atoms with Crippen molar-refractivity contribution < 1.29 is 19.2 Å². The second kappa shape index (κ2) is 53.7. The van der Waals surface area contributed by atoms with E-state index >= 15 is 0 Å². The van der Waals surface area contributed by atoms with Gasteiger partial charge in [0, 0.05) is 25.4 Å². The maximum atomic E-state index is 11.5. The number of carbonyl (C=O) groups excluding carboxylic acids is 4. The minimum atomic E-state index is -0.426. The number of likely N-dealkylation sites (N-methyl/N-ethyl adjacent to an activating group) is 1. The summed E-state index contributed by atoms with van der Waals surface area (Å²) in [5.74, 6) is 0.909. The smallest absolute Gasteiger partial charge is 0.220 e. The van der Waals surface area contributed by atoms with Gasteiger partial charge in [-0.2, -0.15) is 0 Å². The fraction of sp³-hybridized carbons (Fsp3) is 0.909. The molecule has 8 nitrogen and oxygen atoms in total. The van der Waals surface area contributed by atoms with Gasteiger partial charge >= 0.3 is 0 Å². The zero-order chi connectivity index (χ0) is 42.4. The van der Waals surface area contributed by atoms with Crippen molar-refractivity contribution in [2.24, 2.45) is 11.3 Å². The van der Waals surface area contributed by atoms with Crippen LogP contribution in [-0.4, -0.2) is 70.1 Å². The van der Waals surface area contributed by atoms with Crippen molar-refractivity contribution >= 4 is 23.8 Å². The number of ketones is 2. The highest BCUT2D eigenvalue weighted by Crippen LogP contribution is 2.30. The number of Topliss-reactive ketones (excluding diaryl/α,β-unsaturated/α-hetero) is 2. The van der Waals surface area contributed by atoms with Crippen LogP contribution in [0.3, 0.4) is 0 Å². The van der Waals surface area contributed by atoms with Crippen LogP contribution in [0, 0.1) is 11.3 Å². The van der Waals surface area contributed by atoms with Gasteiger partial charge in [-0.25, -0.2) is 0 Å². The Morgan fingerprint density at radius 1 is 0.731 bits per heavy atom. The summed E-state index contributed by atoms with van der Waals surface area (Å²) in [5, 5.41) is 12.0. The summed E-state index contributed by atoms with van der Waals surface area (Å²) in [7, 11) is 7.58. The van der Waals surface area contributed by atoms with E-state index in [0.29, 0.717) is 12.5 Å². The number of amides is 1. The first kappa shape index (κ1) is 65.3. The molecule has 2 rings (SSSR count). The molecule has 2 unspecified atom stereocenters. The highest BCUT2D eigenvalue weighted by Gasteiger charge is 2.26. The fourth-order valence-electron chi connectivity index (χ4n) is 4.14. The summed E-state index contributed by atoms with van der Waals surface area (Å²) in [6.45, 7) is 30.3. The Bertz CT molecular complexity index is 697. The second-order valence-corrected chi connectivity index (χ2v) is 14.5. The lowest BCUT2D eigenvalue weighted by Crippen LogP contribution is -2.43. The van der Waals surface area contributed by atoms with Crippen LogP contribution in [0.2, 0.25) is 0 Å². The lowest BCUT2D eigenvalue weighted by atomic mass is 9.81. The highest BCUT2D eigenvalue weighted by molar-refractivity contribution is 6.23. The molecule has 0 saturated heterocycles. The molecule has 318 valence electrons. The highest BCUT2D eigenvalue weighted by atomic mass is 16.2. The summed E-state index contributed by atoms with van der Waals surface area (Å²) in [6.07, 6.45) is 20.5. The molecule has 2 aliphatic rings. The van der Waals surface area contributed by atoms with E-state index in [9.17, 15) is 14.4 Å². The van der Waals surface area contributed by atoms with Gasteiger partial charge in [-0.05, 0) is 79.1 Å². The van der Waals surface area contributed by atoms with E-state index in [0.717, 1.165) is 18.4 Å². The number of nitrogens with one attached hydrogen (secondary N) is 4. The van der Waals surface area contributed by atoms with Crippen LogP contribution in [-0.2, 0) is 19.2 Å². The SMILES string of the molecule is CC.CC(=O)C=O.CCC.CCCC.CCCCC.CCCCCC(=O)NC(C)CC1CCC1.CNC.CNC(C(C)=O)C(C)(C)C.CNC1CC1. The summed E-state index contributed by atoms with van der Waals surface area (Å²) in [6, 6.07) is 1.24. The molecule has 0 spiro atoms. The van der Waals surface area contributed by atoms with Crippen molar-refractivity contribution in [2.45, 2.75) is 225 Å². The molecule has 0 heterocycles. The minimum Gasteiger partial charge on any atom is -0.354 e. The van der Waals surface area contributed by atoms with Crippen LogP contribution in [0.15, 0.2) is 0 Å². The summed E-state index contributed by atoms with van der Waals surface area (Å²) >= 11 is 0. The van der Waals surface area contributed by atoms with E-state index in [1.807, 2.05) is 42.0 Å². The molecule has 2 atom stereocenters. The van der Waals surface area contributed by atoms with Crippen LogP contribution in [0.4, 0.5) is 0 Å². The van der Waals surface area contributed by atoms with Crippen molar-refractivity contribution in [3.05, 3.63) is 0 Å². The molecule has 0 aliphatic heterocycles. The van der Waals surface area contributed by atoms with Gasteiger partial charge < -0.3 is 21.3 Å². The van der Waals surface area contributed by atoms with E-state index in [2.05, 4.69) is 97.4 Å². The number of aldehydes is 1. The molecule has 0 bridgehead atoms. The van der Waals surface area contributed by atoms with Crippen molar-refractivity contribution in [3.8, 4) is 0 Å². The molecule has 0 radical (unpaired) electrons. The minimum absolute atomic E-state index is 0.0208. The Labute approximate surface area is 327 Å². The average molecular weight is 747 g/mol. The normalized spacial score (nSPS) is 13.2. The van der Waals surface area contributed by atoms with Gasteiger partial charge in [0.2, 0.25) is 5.91 Å². The van der Waals surface area contributed by atoms with Crippen LogP contribution in [0.25, 0.3) is 0 Å². The summed E-state index contributed by atoms with van der Waals surface area (Å²) in [5.41, 5.74) is 0.0284. The van der Waals surface area contributed by atoms with Crippen molar-refractivity contribution in [2.75, 3.05) is 28.2 Å². The Hall–Kier alpha value is -1.64. The number of hydrogen-bond donors (Lipinski definition) is 4. The molecular formula is C44H98N4O4. The third-order valence-electron chi connectivity index (χ3n) is 7.25. The lowest BCUT2D eigenvalue weighted by molar-refractivity contribution is -0.128. The van der Waals surface area contributed by atoms with E-state index in [1.165, 1.54) is 96.8 Å². The molecule has 0 aromatic carbocycles. The quantitative estimate of drug-likeness (QED) is 0.0794. The summed E-state index contributed by atoms with van der Waals surface area (Å²) in [4.78, 5) is 41.1. The first-order valence-corrected chi connectivity index (χ1v) is 21.2. The zero-order valence-corrected chi connectivity index (χ0v) is 38.8. The van der Waals surface area contributed by atoms with Crippen LogP contribution in [0.1, 0.15) is 207 Å². The van der Waals surface area contributed by atoms with Gasteiger partial charge in [-0.1, -0.05) is 154 Å². The first-order valence-electron chi connectivity index (χ1n) is 21.2. The predicted octanol–water partition coefficient (Wildman–Crippen LogP) is 10.9. The van der Waals surface area contributed by atoms with Crippen molar-refractivity contribution in [3.63, 3.8) is 0 Å². The van der Waals surface area contributed by atoms with Gasteiger partial charge in [0.1, 0.15) is 5.78 Å². The first-order chi connectivity index (χ1) is 24.5. The Balaban J connectivity index is -0.0000000954. The molecule has 0 aromatic rings. The summed E-state index contributed by atoms with van der Waals surface area (Å²) < 4.78 is 0. The monoisotopic (exact) mass is 747 g/mol. The van der Waals surface area contributed by atoms with Crippen LogP contribution in [0.5, 0.6) is 0 Å². The van der Waals surface area contributed by atoms with Gasteiger partial charge in [-0.3, -0.25) is 19.2 Å². The third-order valence-corrected chi connectivity index (χ3v) is 7.25. The van der Waals surface area contributed by atoms with Crippen molar-refractivity contribution in [1.29, 1.82) is 0 Å². The van der Waals surface area contributed by atoms with Crippen LogP contribution >= 0.6 is 0 Å². The Morgan fingerprint density at radius 2 is 1.13 bits per heavy atom. The van der Waals surface area contributed by atoms with E-state index in [-0.39, 0.29) is 29.4 Å². The maximum absolute atomic E-state index is 11.5. The third kappa shape index (κ3) is 70.0. The molecule has 1 amide bonds. The number of unbranched alkanes of at least 4 members (excludes halogenated alkanes) is 5. The molecule has 0 aromatic heterocycles. The van der Waals surface area contributed by atoms with Crippen molar-refractivity contribution in [1.82, 2.24) is 21.3 Å². The Kier molecular flexibility index (Phi) is 67.4. The topological polar surface area (TPSA) is 116 Å². The van der Waals surface area contributed by atoms with Gasteiger partial charge in [-0.15, -0.1) is 0 Å². The second-order valence-electron chi connectivity index (χ2n) is 14.5. The maximum Gasteiger partial charge on any atom is 0.220 e. The van der Waals surface area contributed by atoms with E-state index < -0.39 is 5.78 Å². The van der Waals surface area contributed by atoms with Gasteiger partial charge in [0.05, 0.1) is 6.04 Å². The van der Waals surface area contributed by atoms with Gasteiger partial charge in [0.15, 0.2) is 12.1 Å². The zero-order valence-electron chi connectivity index (χ0n) is 38.8. The average Bonchev–Trinajstić information content (AvgIpc) is 3.91. The molecule has 4 N–H and O–H groups in total. The number of rotatable bonds is 14. The molecule has 2 fully saturated rings. The largest absolute Gasteiger partial charge is 0.354 e. The molecule has 52 heavy (non-hydrogen) atoms. The van der Waals surface area contributed by atoms with Crippen LogP contribution < -0.4 is 21.3 Å². The van der Waals surface area contributed by atoms with Gasteiger partial charge in [0.25, 0.3) is 0 Å². The lowest BCUT2D eigenvalue weighted by Gasteiger charge is -2.28. The number of carbonyl (C=O) groups is 4. The fourth-order valence-corrected chi connectivity index (χ4v) is 4.14. The predicted molar refractivity (Wildman–Crippen MR) is 234 cm³/mol. The number of hydrogen-bond acceptors (Lipinski definition) is 7. The molecule has 2 aliphatic carbocycles.